The predicted octanol–water partition coefficient (Wildman–Crippen LogP) is 9.55. The highest BCUT2D eigenvalue weighted by Crippen LogP contribution is 2.25. The maximum atomic E-state index is 10.5. The van der Waals surface area contributed by atoms with Gasteiger partial charge in [0, 0.05) is 0 Å². The lowest BCUT2D eigenvalue weighted by Gasteiger charge is -2.25. The van der Waals surface area contributed by atoms with Crippen molar-refractivity contribution >= 4 is 0 Å². The molecule has 0 rings (SSSR count). The summed E-state index contributed by atoms with van der Waals surface area (Å²) in [6.45, 7) is 14.6. The van der Waals surface area contributed by atoms with Crippen LogP contribution in [0.2, 0.25) is 0 Å². The summed E-state index contributed by atoms with van der Waals surface area (Å²) in [4.78, 5) is 0. The molecule has 1 N–H and O–H groups in total. The Bertz CT molecular complexity index is 366. The fraction of sp³-hybridized carbons (Fsp3) is 0.857. The van der Waals surface area contributed by atoms with Crippen molar-refractivity contribution in [2.45, 2.75) is 148 Å². The third-order valence-corrected chi connectivity index (χ3v) is 6.12. The molecule has 29 heavy (non-hydrogen) atoms. The monoisotopic (exact) mass is 406 g/mol. The van der Waals surface area contributed by atoms with Crippen molar-refractivity contribution < 1.29 is 5.11 Å². The molecule has 0 radical (unpaired) electrons. The first-order valence-electron chi connectivity index (χ1n) is 12.8. The first kappa shape index (κ1) is 28.4. The second kappa shape index (κ2) is 18.2. The minimum Gasteiger partial charge on any atom is -0.389 e. The maximum absolute atomic E-state index is 10.5. The molecule has 0 heterocycles. The van der Waals surface area contributed by atoms with E-state index in [2.05, 4.69) is 33.9 Å². The second-order valence-corrected chi connectivity index (χ2v) is 10.6. The molecule has 0 aromatic rings. The van der Waals surface area contributed by atoms with Crippen LogP contribution in [0.3, 0.4) is 0 Å². The van der Waals surface area contributed by atoms with E-state index in [9.17, 15) is 5.11 Å². The van der Waals surface area contributed by atoms with Crippen LogP contribution in [0.5, 0.6) is 0 Å². The number of hydrogen-bond donors (Lipinski definition) is 1. The number of unbranched alkanes of at least 4 members (excludes halogenated alkanes) is 14. The Labute approximate surface area is 184 Å². The van der Waals surface area contributed by atoms with E-state index in [0.717, 1.165) is 12.8 Å². The SMILES string of the molecule is C=CCC(O)(CC=C)CCCCCCCCCCCCCCCCCC(C)(C)C. The summed E-state index contributed by atoms with van der Waals surface area (Å²) in [5.41, 5.74) is -0.0852. The molecule has 0 atom stereocenters. The summed E-state index contributed by atoms with van der Waals surface area (Å²) in [6.07, 6.45) is 28.0. The van der Waals surface area contributed by atoms with Crippen LogP contribution in [0.1, 0.15) is 143 Å². The Morgan fingerprint density at radius 2 is 0.793 bits per heavy atom. The van der Waals surface area contributed by atoms with Gasteiger partial charge in [0.15, 0.2) is 0 Å². The van der Waals surface area contributed by atoms with E-state index in [1.165, 1.54) is 96.3 Å². The topological polar surface area (TPSA) is 20.2 Å². The molecule has 0 unspecified atom stereocenters. The molecule has 0 aliphatic rings. The van der Waals surface area contributed by atoms with Gasteiger partial charge in [0.25, 0.3) is 0 Å². The Morgan fingerprint density at radius 1 is 0.517 bits per heavy atom. The molecule has 0 saturated carbocycles. The lowest BCUT2D eigenvalue weighted by molar-refractivity contribution is 0.0347. The summed E-state index contributed by atoms with van der Waals surface area (Å²) in [5, 5.41) is 10.5. The molecule has 0 aromatic carbocycles. The lowest BCUT2D eigenvalue weighted by atomic mass is 9.89. The Hall–Kier alpha value is -0.560. The van der Waals surface area contributed by atoms with E-state index in [0.29, 0.717) is 18.3 Å². The Balaban J connectivity index is 3.30. The molecule has 0 aliphatic carbocycles. The zero-order chi connectivity index (χ0) is 21.8. The summed E-state index contributed by atoms with van der Waals surface area (Å²) in [6, 6.07) is 0. The van der Waals surface area contributed by atoms with Crippen molar-refractivity contribution in [3.05, 3.63) is 25.3 Å². The molecule has 1 heteroatoms. The minimum absolute atomic E-state index is 0.516. The largest absolute Gasteiger partial charge is 0.389 e. The molecule has 0 aromatic heterocycles. The summed E-state index contributed by atoms with van der Waals surface area (Å²) >= 11 is 0. The Morgan fingerprint density at radius 3 is 1.07 bits per heavy atom. The summed E-state index contributed by atoms with van der Waals surface area (Å²) in [5.74, 6) is 0. The van der Waals surface area contributed by atoms with E-state index in [4.69, 9.17) is 0 Å². The van der Waals surface area contributed by atoms with Gasteiger partial charge in [-0.3, -0.25) is 0 Å². The zero-order valence-electron chi connectivity index (χ0n) is 20.5. The normalized spacial score (nSPS) is 12.3. The van der Waals surface area contributed by atoms with Gasteiger partial charge >= 0.3 is 0 Å². The molecule has 1 nitrogen and oxygen atoms in total. The van der Waals surface area contributed by atoms with Crippen molar-refractivity contribution in [2.75, 3.05) is 0 Å². The molecule has 0 saturated heterocycles. The third kappa shape index (κ3) is 20.5. The standard InChI is InChI=1S/C28H54O/c1-6-23-28(29,24-7-2)26-22-20-18-16-14-12-10-8-9-11-13-15-17-19-21-25-27(3,4)5/h6-7,29H,1-2,8-26H2,3-5H3. The van der Waals surface area contributed by atoms with Gasteiger partial charge < -0.3 is 5.11 Å². The van der Waals surface area contributed by atoms with Gasteiger partial charge in [0.05, 0.1) is 5.60 Å². The third-order valence-electron chi connectivity index (χ3n) is 6.12. The average molecular weight is 407 g/mol. The fourth-order valence-corrected chi connectivity index (χ4v) is 4.23. The van der Waals surface area contributed by atoms with E-state index in [1.54, 1.807) is 0 Å². The van der Waals surface area contributed by atoms with Crippen LogP contribution >= 0.6 is 0 Å². The first-order chi connectivity index (χ1) is 13.8. The highest BCUT2D eigenvalue weighted by molar-refractivity contribution is 4.91. The van der Waals surface area contributed by atoms with Crippen molar-refractivity contribution in [1.82, 2.24) is 0 Å². The molecular formula is C28H54O. The van der Waals surface area contributed by atoms with Crippen molar-refractivity contribution in [2.24, 2.45) is 5.41 Å². The average Bonchev–Trinajstić information content (AvgIpc) is 2.63. The number of rotatable bonds is 21. The Kier molecular flexibility index (Phi) is 17.9. The molecule has 0 aliphatic heterocycles. The molecular weight excluding hydrogens is 352 g/mol. The van der Waals surface area contributed by atoms with Gasteiger partial charge in [0.2, 0.25) is 0 Å². The zero-order valence-corrected chi connectivity index (χ0v) is 20.5. The summed E-state index contributed by atoms with van der Waals surface area (Å²) < 4.78 is 0. The maximum Gasteiger partial charge on any atom is 0.0716 e. The van der Waals surface area contributed by atoms with Gasteiger partial charge in [-0.2, -0.15) is 0 Å². The van der Waals surface area contributed by atoms with Gasteiger partial charge in [-0.05, 0) is 31.1 Å². The van der Waals surface area contributed by atoms with E-state index >= 15 is 0 Å². The predicted molar refractivity (Wildman–Crippen MR) is 133 cm³/mol. The molecule has 0 bridgehead atoms. The molecule has 0 spiro atoms. The minimum atomic E-state index is -0.601. The van der Waals surface area contributed by atoms with Crippen LogP contribution in [-0.2, 0) is 0 Å². The smallest absolute Gasteiger partial charge is 0.0716 e. The number of aliphatic hydroxyl groups is 1. The molecule has 0 amide bonds. The number of hydrogen-bond acceptors (Lipinski definition) is 1. The summed E-state index contributed by atoms with van der Waals surface area (Å²) in [7, 11) is 0. The van der Waals surface area contributed by atoms with E-state index in [-0.39, 0.29) is 0 Å². The lowest BCUT2D eigenvalue weighted by Crippen LogP contribution is -2.26. The van der Waals surface area contributed by atoms with Gasteiger partial charge in [0.1, 0.15) is 0 Å². The van der Waals surface area contributed by atoms with Gasteiger partial charge in [-0.15, -0.1) is 13.2 Å². The van der Waals surface area contributed by atoms with Crippen molar-refractivity contribution in [1.29, 1.82) is 0 Å². The van der Waals surface area contributed by atoms with E-state index < -0.39 is 5.60 Å². The van der Waals surface area contributed by atoms with E-state index in [1.807, 2.05) is 12.2 Å². The van der Waals surface area contributed by atoms with Crippen LogP contribution in [0.15, 0.2) is 25.3 Å². The fourth-order valence-electron chi connectivity index (χ4n) is 4.23. The first-order valence-corrected chi connectivity index (χ1v) is 12.8. The molecule has 172 valence electrons. The van der Waals surface area contributed by atoms with Gasteiger partial charge in [-0.25, -0.2) is 0 Å². The quantitative estimate of drug-likeness (QED) is 0.148. The van der Waals surface area contributed by atoms with Crippen LogP contribution < -0.4 is 0 Å². The van der Waals surface area contributed by atoms with Crippen molar-refractivity contribution in [3.8, 4) is 0 Å². The van der Waals surface area contributed by atoms with Crippen molar-refractivity contribution in [3.63, 3.8) is 0 Å². The van der Waals surface area contributed by atoms with Crippen LogP contribution in [0.4, 0.5) is 0 Å². The van der Waals surface area contributed by atoms with Crippen LogP contribution in [0, 0.1) is 5.41 Å². The molecule has 0 fully saturated rings. The van der Waals surface area contributed by atoms with Gasteiger partial charge in [-0.1, -0.05) is 129 Å². The highest BCUT2D eigenvalue weighted by atomic mass is 16.3. The second-order valence-electron chi connectivity index (χ2n) is 10.6. The van der Waals surface area contributed by atoms with Crippen LogP contribution in [-0.4, -0.2) is 10.7 Å². The highest BCUT2D eigenvalue weighted by Gasteiger charge is 2.22. The van der Waals surface area contributed by atoms with Crippen LogP contribution in [0.25, 0.3) is 0 Å².